The van der Waals surface area contributed by atoms with Crippen molar-refractivity contribution in [3.05, 3.63) is 12.0 Å². The minimum absolute atomic E-state index is 0.164. The molecule has 0 aliphatic carbocycles. The summed E-state index contributed by atoms with van der Waals surface area (Å²) in [5.74, 6) is 7.29. The number of nitrogens with zero attached hydrogens (tertiary/aromatic N) is 3. The minimum atomic E-state index is 0.164. The first-order valence-electron chi connectivity index (χ1n) is 5.21. The molecule has 0 saturated carbocycles. The Morgan fingerprint density at radius 1 is 1.50 bits per heavy atom. The summed E-state index contributed by atoms with van der Waals surface area (Å²) >= 11 is 2.12. The number of piperidine rings is 1. The van der Waals surface area contributed by atoms with Gasteiger partial charge in [-0.3, -0.25) is 12.5 Å². The first-order valence-corrected chi connectivity index (χ1v) is 6.17. The van der Waals surface area contributed by atoms with Crippen molar-refractivity contribution in [3.63, 3.8) is 0 Å². The Balaban J connectivity index is 2.28. The molecule has 4 nitrogen and oxygen atoms in total. The predicted molar refractivity (Wildman–Crippen MR) is 70.4 cm³/mol. The molecule has 1 aromatic heterocycles. The Hall–Kier alpha value is -1.03. The number of imidazole rings is 1. The fourth-order valence-corrected chi connectivity index (χ4v) is 2.20. The Kier molecular flexibility index (Phi) is 3.49. The van der Waals surface area contributed by atoms with Gasteiger partial charge in [-0.25, -0.2) is 4.98 Å². The van der Waals surface area contributed by atoms with E-state index in [0.29, 0.717) is 12.2 Å². The number of hydrogen-bond acceptors (Lipinski definition) is 2. The van der Waals surface area contributed by atoms with Crippen LogP contribution in [0.15, 0.2) is 6.20 Å². The Morgan fingerprint density at radius 2 is 2.31 bits per heavy atom. The maximum atomic E-state index is 11.7. The van der Waals surface area contributed by atoms with Crippen molar-refractivity contribution in [1.82, 2.24) is 7.76 Å². The number of rotatable bonds is 1. The lowest BCUT2D eigenvalue weighted by Crippen LogP contribution is -2.35. The Labute approximate surface area is 109 Å². The zero-order valence-electron chi connectivity index (χ0n) is 9.03. The van der Waals surface area contributed by atoms with E-state index in [4.69, 9.17) is 0 Å². The molecule has 0 spiro atoms. The first-order chi connectivity index (χ1) is 7.72. The highest BCUT2D eigenvalue weighted by atomic mass is 127. The van der Waals surface area contributed by atoms with Crippen LogP contribution in [0.1, 0.15) is 32.0 Å². The van der Waals surface area contributed by atoms with E-state index in [1.807, 2.05) is 8.98 Å². The van der Waals surface area contributed by atoms with E-state index in [0.717, 1.165) is 25.2 Å². The average Bonchev–Trinajstić information content (AvgIpc) is 2.61. The lowest BCUT2D eigenvalue weighted by Gasteiger charge is -2.24. The van der Waals surface area contributed by atoms with Crippen LogP contribution >= 0.6 is 22.9 Å². The number of amides is 1. The summed E-state index contributed by atoms with van der Waals surface area (Å²) in [6.07, 6.45) is 4.52. The van der Waals surface area contributed by atoms with Crippen molar-refractivity contribution in [2.45, 2.75) is 26.2 Å². The first kappa shape index (κ1) is 11.5. The molecule has 2 heterocycles. The van der Waals surface area contributed by atoms with E-state index in [-0.39, 0.29) is 5.91 Å². The number of halogens is 1. The van der Waals surface area contributed by atoms with Crippen molar-refractivity contribution in [2.24, 2.45) is 0 Å². The quantitative estimate of drug-likeness (QED) is 0.584. The van der Waals surface area contributed by atoms with Gasteiger partial charge in [-0.15, -0.1) is 0 Å². The monoisotopic (exact) mass is 329 g/mol. The lowest BCUT2D eigenvalue weighted by molar-refractivity contribution is -0.119. The van der Waals surface area contributed by atoms with Crippen molar-refractivity contribution in [2.75, 3.05) is 11.4 Å². The van der Waals surface area contributed by atoms with Gasteiger partial charge >= 0.3 is 0 Å². The van der Waals surface area contributed by atoms with Gasteiger partial charge in [0, 0.05) is 13.0 Å². The molecule has 1 aliphatic heterocycles. The smallest absolute Gasteiger partial charge is 0.228 e. The highest BCUT2D eigenvalue weighted by Crippen LogP contribution is 2.21. The molecule has 0 unspecified atom stereocenters. The number of anilines is 1. The van der Waals surface area contributed by atoms with Crippen LogP contribution in [-0.2, 0) is 4.79 Å². The molecule has 1 fully saturated rings. The van der Waals surface area contributed by atoms with E-state index >= 15 is 0 Å². The number of aromatic nitrogens is 2. The van der Waals surface area contributed by atoms with Gasteiger partial charge in [0.15, 0.2) is 11.6 Å². The van der Waals surface area contributed by atoms with Gasteiger partial charge in [0.2, 0.25) is 5.91 Å². The number of hydrogen-bond donors (Lipinski definition) is 0. The molecule has 0 radical (unpaired) electrons. The molecular weight excluding hydrogens is 317 g/mol. The van der Waals surface area contributed by atoms with Gasteiger partial charge in [-0.1, -0.05) is 5.92 Å². The summed E-state index contributed by atoms with van der Waals surface area (Å²) < 4.78 is 1.82. The SMILES string of the molecule is CC#Cc1nc(N2CCCCC2=O)cn1I. The van der Waals surface area contributed by atoms with Gasteiger partial charge < -0.3 is 0 Å². The Morgan fingerprint density at radius 3 is 3.00 bits per heavy atom. The van der Waals surface area contributed by atoms with Crippen molar-refractivity contribution in [3.8, 4) is 11.8 Å². The molecule has 0 N–H and O–H groups in total. The maximum absolute atomic E-state index is 11.7. The standard InChI is InChI=1S/C11H12IN3O/c1-2-5-9-13-10(8-15(9)12)14-7-4-3-6-11(14)16/h8H,3-4,6-7H2,1H3. The van der Waals surface area contributed by atoms with Gasteiger partial charge in [-0.05, 0) is 25.7 Å². The zero-order valence-corrected chi connectivity index (χ0v) is 11.2. The topological polar surface area (TPSA) is 38.1 Å². The molecule has 16 heavy (non-hydrogen) atoms. The van der Waals surface area contributed by atoms with Crippen LogP contribution in [0.3, 0.4) is 0 Å². The summed E-state index contributed by atoms with van der Waals surface area (Å²) in [6, 6.07) is 0. The average molecular weight is 329 g/mol. The second-order valence-electron chi connectivity index (χ2n) is 3.61. The van der Waals surface area contributed by atoms with Crippen LogP contribution in [-0.4, -0.2) is 20.2 Å². The molecule has 84 valence electrons. The van der Waals surface area contributed by atoms with Gasteiger partial charge in [0.25, 0.3) is 0 Å². The van der Waals surface area contributed by atoms with Crippen molar-refractivity contribution >= 4 is 34.6 Å². The fourth-order valence-electron chi connectivity index (χ4n) is 1.72. The van der Waals surface area contributed by atoms with Crippen LogP contribution in [0, 0.1) is 11.8 Å². The molecule has 1 aliphatic rings. The van der Waals surface area contributed by atoms with Gasteiger partial charge in [-0.2, -0.15) is 0 Å². The molecule has 1 amide bonds. The highest BCUT2D eigenvalue weighted by Gasteiger charge is 2.22. The van der Waals surface area contributed by atoms with E-state index in [9.17, 15) is 4.79 Å². The highest BCUT2D eigenvalue weighted by molar-refractivity contribution is 14.1. The summed E-state index contributed by atoms with van der Waals surface area (Å²) in [5.41, 5.74) is 0. The second kappa shape index (κ2) is 4.87. The largest absolute Gasteiger partial charge is 0.295 e. The minimum Gasteiger partial charge on any atom is -0.295 e. The van der Waals surface area contributed by atoms with E-state index in [1.165, 1.54) is 0 Å². The van der Waals surface area contributed by atoms with Crippen LogP contribution in [0.4, 0.5) is 5.82 Å². The van der Waals surface area contributed by atoms with Crippen molar-refractivity contribution in [1.29, 1.82) is 0 Å². The third-order valence-corrected chi connectivity index (χ3v) is 3.22. The van der Waals surface area contributed by atoms with E-state index in [1.54, 1.807) is 11.8 Å². The summed E-state index contributed by atoms with van der Waals surface area (Å²) in [5, 5.41) is 0. The Bertz CT molecular complexity index is 469. The van der Waals surface area contributed by atoms with Crippen LogP contribution in [0.25, 0.3) is 0 Å². The molecule has 0 atom stereocenters. The normalized spacial score (nSPS) is 15.9. The lowest BCUT2D eigenvalue weighted by atomic mass is 10.1. The van der Waals surface area contributed by atoms with Crippen LogP contribution < -0.4 is 4.90 Å². The number of carbonyl (C=O) groups excluding carboxylic acids is 1. The van der Waals surface area contributed by atoms with Gasteiger partial charge in [0.1, 0.15) is 0 Å². The van der Waals surface area contributed by atoms with E-state index in [2.05, 4.69) is 39.7 Å². The second-order valence-corrected chi connectivity index (χ2v) is 4.65. The molecule has 1 aromatic rings. The summed E-state index contributed by atoms with van der Waals surface area (Å²) in [4.78, 5) is 17.8. The predicted octanol–water partition coefficient (Wildman–Crippen LogP) is 1.97. The van der Waals surface area contributed by atoms with Gasteiger partial charge in [0.05, 0.1) is 29.1 Å². The zero-order chi connectivity index (χ0) is 11.5. The summed E-state index contributed by atoms with van der Waals surface area (Å²) in [7, 11) is 0. The molecule has 2 rings (SSSR count). The fraction of sp³-hybridized carbons (Fsp3) is 0.455. The van der Waals surface area contributed by atoms with Crippen LogP contribution in [0.5, 0.6) is 0 Å². The third kappa shape index (κ3) is 2.21. The number of carbonyl (C=O) groups is 1. The molecule has 0 aromatic carbocycles. The molecule has 0 bridgehead atoms. The molecule has 5 heteroatoms. The molecular formula is C11H12IN3O. The third-order valence-electron chi connectivity index (χ3n) is 2.49. The van der Waals surface area contributed by atoms with Crippen molar-refractivity contribution < 1.29 is 4.79 Å². The van der Waals surface area contributed by atoms with E-state index < -0.39 is 0 Å². The maximum Gasteiger partial charge on any atom is 0.228 e. The molecule has 1 saturated heterocycles. The summed E-state index contributed by atoms with van der Waals surface area (Å²) in [6.45, 7) is 2.54. The van der Waals surface area contributed by atoms with Crippen LogP contribution in [0.2, 0.25) is 0 Å².